The second-order valence-corrected chi connectivity index (χ2v) is 4.92. The van der Waals surface area contributed by atoms with Gasteiger partial charge in [0.1, 0.15) is 11.5 Å². The van der Waals surface area contributed by atoms with E-state index in [1.54, 1.807) is 12.1 Å². The summed E-state index contributed by atoms with van der Waals surface area (Å²) >= 11 is 2.25. The minimum atomic E-state index is 0.0699. The van der Waals surface area contributed by atoms with Crippen LogP contribution in [0.4, 0.5) is 5.69 Å². The maximum atomic E-state index is 9.61. The Morgan fingerprint density at radius 1 is 1.00 bits per heavy atom. The summed E-state index contributed by atoms with van der Waals surface area (Å²) in [5.74, 6) is 0.170. The van der Waals surface area contributed by atoms with Crippen molar-refractivity contribution in [1.82, 2.24) is 0 Å². The molecule has 0 aliphatic carbocycles. The van der Waals surface area contributed by atoms with Crippen LogP contribution < -0.4 is 5.32 Å². The molecule has 0 aromatic heterocycles. The molecule has 0 bridgehead atoms. The van der Waals surface area contributed by atoms with Gasteiger partial charge in [0.15, 0.2) is 0 Å². The van der Waals surface area contributed by atoms with E-state index >= 15 is 0 Å². The van der Waals surface area contributed by atoms with Gasteiger partial charge < -0.3 is 15.5 Å². The van der Waals surface area contributed by atoms with E-state index in [0.717, 1.165) is 11.3 Å². The van der Waals surface area contributed by atoms with Gasteiger partial charge in [-0.15, -0.1) is 0 Å². The van der Waals surface area contributed by atoms with Crippen LogP contribution in [0.5, 0.6) is 11.5 Å². The SMILES string of the molecule is Oc1ccc(CNc2ccc(I)cc2)c(O)c1. The predicted octanol–water partition coefficient (Wildman–Crippen LogP) is 3.31. The number of rotatable bonds is 3. The molecule has 0 aliphatic rings. The van der Waals surface area contributed by atoms with Crippen molar-refractivity contribution in [2.45, 2.75) is 6.54 Å². The van der Waals surface area contributed by atoms with Crippen LogP contribution in [0.2, 0.25) is 0 Å². The molecule has 2 aromatic carbocycles. The highest BCUT2D eigenvalue weighted by molar-refractivity contribution is 14.1. The smallest absolute Gasteiger partial charge is 0.124 e. The average Bonchev–Trinajstić information content (AvgIpc) is 2.30. The first-order valence-corrected chi connectivity index (χ1v) is 6.23. The Labute approximate surface area is 113 Å². The predicted molar refractivity (Wildman–Crippen MR) is 76.3 cm³/mol. The zero-order chi connectivity index (χ0) is 12.3. The molecule has 0 amide bonds. The van der Waals surface area contributed by atoms with Crippen LogP contribution in [0, 0.1) is 3.57 Å². The van der Waals surface area contributed by atoms with Crippen LogP contribution in [-0.2, 0) is 6.54 Å². The number of benzene rings is 2. The molecule has 2 aromatic rings. The number of hydrogen-bond acceptors (Lipinski definition) is 3. The third-order valence-electron chi connectivity index (χ3n) is 2.40. The summed E-state index contributed by atoms with van der Waals surface area (Å²) in [6, 6.07) is 12.6. The maximum absolute atomic E-state index is 9.61. The summed E-state index contributed by atoms with van der Waals surface area (Å²) in [4.78, 5) is 0. The zero-order valence-corrected chi connectivity index (χ0v) is 11.2. The highest BCUT2D eigenvalue weighted by Gasteiger charge is 2.01. The second kappa shape index (κ2) is 5.27. The molecule has 0 radical (unpaired) electrons. The fourth-order valence-corrected chi connectivity index (χ4v) is 1.83. The van der Waals surface area contributed by atoms with Gasteiger partial charge in [-0.3, -0.25) is 0 Å². The summed E-state index contributed by atoms with van der Waals surface area (Å²) in [5, 5.41) is 22.0. The van der Waals surface area contributed by atoms with Crippen molar-refractivity contribution in [3.05, 3.63) is 51.6 Å². The first kappa shape index (κ1) is 12.0. The van der Waals surface area contributed by atoms with Crippen molar-refractivity contribution in [1.29, 1.82) is 0 Å². The number of aromatic hydroxyl groups is 2. The van der Waals surface area contributed by atoms with Crippen LogP contribution in [0.25, 0.3) is 0 Å². The fraction of sp³-hybridized carbons (Fsp3) is 0.0769. The Kier molecular flexibility index (Phi) is 3.73. The normalized spacial score (nSPS) is 10.2. The van der Waals surface area contributed by atoms with Gasteiger partial charge in [-0.25, -0.2) is 0 Å². The van der Waals surface area contributed by atoms with E-state index < -0.39 is 0 Å². The summed E-state index contributed by atoms with van der Waals surface area (Å²) in [6.45, 7) is 0.521. The van der Waals surface area contributed by atoms with Crippen molar-refractivity contribution in [3.8, 4) is 11.5 Å². The Morgan fingerprint density at radius 3 is 2.35 bits per heavy atom. The average molecular weight is 341 g/mol. The molecule has 0 saturated carbocycles. The van der Waals surface area contributed by atoms with E-state index in [-0.39, 0.29) is 11.5 Å². The second-order valence-electron chi connectivity index (χ2n) is 3.67. The lowest BCUT2D eigenvalue weighted by Gasteiger charge is -2.08. The molecule has 0 saturated heterocycles. The molecule has 17 heavy (non-hydrogen) atoms. The van der Waals surface area contributed by atoms with Crippen LogP contribution >= 0.6 is 22.6 Å². The number of nitrogens with one attached hydrogen (secondary N) is 1. The number of halogens is 1. The minimum Gasteiger partial charge on any atom is -0.508 e. The van der Waals surface area contributed by atoms with Crippen molar-refractivity contribution < 1.29 is 10.2 Å². The number of hydrogen-bond donors (Lipinski definition) is 3. The molecule has 3 nitrogen and oxygen atoms in total. The lowest BCUT2D eigenvalue weighted by molar-refractivity contribution is 0.446. The summed E-state index contributed by atoms with van der Waals surface area (Å²) < 4.78 is 1.18. The summed E-state index contributed by atoms with van der Waals surface area (Å²) in [7, 11) is 0. The van der Waals surface area contributed by atoms with E-state index in [0.29, 0.717) is 6.54 Å². The van der Waals surface area contributed by atoms with Gasteiger partial charge in [0.25, 0.3) is 0 Å². The molecule has 0 heterocycles. The van der Waals surface area contributed by atoms with E-state index in [2.05, 4.69) is 27.9 Å². The van der Waals surface area contributed by atoms with Crippen molar-refractivity contribution in [3.63, 3.8) is 0 Å². The minimum absolute atomic E-state index is 0.0699. The summed E-state index contributed by atoms with van der Waals surface area (Å²) in [5.41, 5.74) is 1.75. The standard InChI is InChI=1S/C13H12INO2/c14-10-2-4-11(5-3-10)15-8-9-1-6-12(16)7-13(9)17/h1-7,15-17H,8H2. The zero-order valence-electron chi connectivity index (χ0n) is 9.02. The quantitative estimate of drug-likeness (QED) is 0.751. The van der Waals surface area contributed by atoms with Crippen molar-refractivity contribution in [2.24, 2.45) is 0 Å². The molecular formula is C13H12INO2. The first-order chi connectivity index (χ1) is 8.15. The van der Waals surface area contributed by atoms with E-state index in [1.165, 1.54) is 9.64 Å². The molecule has 2 rings (SSSR count). The lowest BCUT2D eigenvalue weighted by Crippen LogP contribution is -1.99. The number of anilines is 1. The van der Waals surface area contributed by atoms with Crippen LogP contribution in [0.3, 0.4) is 0 Å². The molecule has 0 atom stereocenters. The summed E-state index contributed by atoms with van der Waals surface area (Å²) in [6.07, 6.45) is 0. The Bertz CT molecular complexity index is 511. The molecule has 0 unspecified atom stereocenters. The molecule has 0 spiro atoms. The maximum Gasteiger partial charge on any atom is 0.124 e. The van der Waals surface area contributed by atoms with Gasteiger partial charge in [0, 0.05) is 27.4 Å². The highest BCUT2D eigenvalue weighted by Crippen LogP contribution is 2.23. The molecule has 88 valence electrons. The molecule has 3 N–H and O–H groups in total. The monoisotopic (exact) mass is 341 g/mol. The first-order valence-electron chi connectivity index (χ1n) is 5.15. The van der Waals surface area contributed by atoms with E-state index in [1.807, 2.05) is 24.3 Å². The van der Waals surface area contributed by atoms with Crippen LogP contribution in [0.15, 0.2) is 42.5 Å². The third-order valence-corrected chi connectivity index (χ3v) is 3.12. The van der Waals surface area contributed by atoms with Crippen LogP contribution in [0.1, 0.15) is 5.56 Å². The highest BCUT2D eigenvalue weighted by atomic mass is 127. The number of phenolic OH excluding ortho intramolecular Hbond substituents is 2. The van der Waals surface area contributed by atoms with Gasteiger partial charge in [-0.05, 0) is 59.0 Å². The topological polar surface area (TPSA) is 52.5 Å². The molecular weight excluding hydrogens is 329 g/mol. The Balaban J connectivity index is 2.04. The van der Waals surface area contributed by atoms with Crippen LogP contribution in [-0.4, -0.2) is 10.2 Å². The Morgan fingerprint density at radius 2 is 1.71 bits per heavy atom. The van der Waals surface area contributed by atoms with E-state index in [4.69, 9.17) is 0 Å². The lowest BCUT2D eigenvalue weighted by atomic mass is 10.2. The molecule has 0 aliphatic heterocycles. The van der Waals surface area contributed by atoms with Crippen molar-refractivity contribution in [2.75, 3.05) is 5.32 Å². The number of phenols is 2. The van der Waals surface area contributed by atoms with Gasteiger partial charge in [-0.2, -0.15) is 0 Å². The van der Waals surface area contributed by atoms with Crippen molar-refractivity contribution >= 4 is 28.3 Å². The van der Waals surface area contributed by atoms with Gasteiger partial charge >= 0.3 is 0 Å². The molecule has 0 fully saturated rings. The fourth-order valence-electron chi connectivity index (χ4n) is 1.47. The van der Waals surface area contributed by atoms with Gasteiger partial charge in [0.2, 0.25) is 0 Å². The largest absolute Gasteiger partial charge is 0.508 e. The van der Waals surface area contributed by atoms with Gasteiger partial charge in [0.05, 0.1) is 0 Å². The third kappa shape index (κ3) is 3.26. The van der Waals surface area contributed by atoms with Gasteiger partial charge in [-0.1, -0.05) is 0 Å². The Hall–Kier alpha value is -1.43. The van der Waals surface area contributed by atoms with E-state index in [9.17, 15) is 10.2 Å². The molecule has 4 heteroatoms.